The molecule has 5 heteroatoms. The van der Waals surface area contributed by atoms with Crippen molar-refractivity contribution in [1.29, 1.82) is 0 Å². The molecular weight excluding hydrogens is 185 g/mol. The average Bonchev–Trinajstić information content (AvgIpc) is 2.34. The SMILES string of the molecule is CCn1cc(NC)cn1.Cl.Cl. The quantitative estimate of drug-likeness (QED) is 0.784. The van der Waals surface area contributed by atoms with Gasteiger partial charge in [-0.1, -0.05) is 0 Å². The van der Waals surface area contributed by atoms with E-state index >= 15 is 0 Å². The number of aromatic nitrogens is 2. The van der Waals surface area contributed by atoms with Crippen LogP contribution in [-0.4, -0.2) is 16.8 Å². The van der Waals surface area contributed by atoms with Crippen LogP contribution in [-0.2, 0) is 6.54 Å². The van der Waals surface area contributed by atoms with Gasteiger partial charge in [0.2, 0.25) is 0 Å². The largest absolute Gasteiger partial charge is 0.386 e. The molecule has 0 aliphatic rings. The van der Waals surface area contributed by atoms with Crippen LogP contribution in [0.2, 0.25) is 0 Å². The number of aryl methyl sites for hydroxylation is 1. The number of anilines is 1. The Balaban J connectivity index is 0. The van der Waals surface area contributed by atoms with Gasteiger partial charge in [0.15, 0.2) is 0 Å². The Morgan fingerprint density at radius 3 is 2.45 bits per heavy atom. The molecule has 0 saturated heterocycles. The summed E-state index contributed by atoms with van der Waals surface area (Å²) in [5.74, 6) is 0. The van der Waals surface area contributed by atoms with Gasteiger partial charge < -0.3 is 5.32 Å². The van der Waals surface area contributed by atoms with Gasteiger partial charge in [-0.25, -0.2) is 0 Å². The minimum absolute atomic E-state index is 0. The zero-order chi connectivity index (χ0) is 6.69. The molecule has 1 aromatic rings. The van der Waals surface area contributed by atoms with Crippen LogP contribution in [0.3, 0.4) is 0 Å². The van der Waals surface area contributed by atoms with E-state index in [9.17, 15) is 0 Å². The smallest absolute Gasteiger partial charge is 0.0723 e. The van der Waals surface area contributed by atoms with E-state index in [-0.39, 0.29) is 24.8 Å². The third-order valence-electron chi connectivity index (χ3n) is 1.25. The van der Waals surface area contributed by atoms with Crippen LogP contribution in [0.5, 0.6) is 0 Å². The molecule has 1 aromatic heterocycles. The Kier molecular flexibility index (Phi) is 7.57. The van der Waals surface area contributed by atoms with Gasteiger partial charge in [-0.05, 0) is 6.92 Å². The Labute approximate surface area is 79.0 Å². The monoisotopic (exact) mass is 197 g/mol. The molecule has 0 aromatic carbocycles. The Bertz CT molecular complexity index is 169. The number of nitrogens with zero attached hydrogens (tertiary/aromatic N) is 2. The fourth-order valence-corrected chi connectivity index (χ4v) is 0.666. The molecule has 66 valence electrons. The molecule has 0 fully saturated rings. The first-order valence-corrected chi connectivity index (χ1v) is 3.07. The summed E-state index contributed by atoms with van der Waals surface area (Å²) in [5.41, 5.74) is 1.07. The second-order valence-corrected chi connectivity index (χ2v) is 1.83. The van der Waals surface area contributed by atoms with Crippen LogP contribution in [0.1, 0.15) is 6.92 Å². The number of rotatable bonds is 2. The third kappa shape index (κ3) is 3.49. The van der Waals surface area contributed by atoms with Gasteiger partial charge in [-0.15, -0.1) is 24.8 Å². The fraction of sp³-hybridized carbons (Fsp3) is 0.500. The van der Waals surface area contributed by atoms with E-state index in [1.807, 2.05) is 24.1 Å². The molecule has 0 amide bonds. The van der Waals surface area contributed by atoms with Crippen molar-refractivity contribution in [3.63, 3.8) is 0 Å². The first-order chi connectivity index (χ1) is 4.36. The van der Waals surface area contributed by atoms with Crippen molar-refractivity contribution in [2.24, 2.45) is 0 Å². The van der Waals surface area contributed by atoms with E-state index in [0.717, 1.165) is 12.2 Å². The van der Waals surface area contributed by atoms with E-state index in [1.165, 1.54) is 0 Å². The van der Waals surface area contributed by atoms with Gasteiger partial charge in [0.05, 0.1) is 11.9 Å². The highest BCUT2D eigenvalue weighted by molar-refractivity contribution is 5.85. The minimum Gasteiger partial charge on any atom is -0.386 e. The average molecular weight is 198 g/mol. The molecule has 0 radical (unpaired) electrons. The summed E-state index contributed by atoms with van der Waals surface area (Å²) >= 11 is 0. The highest BCUT2D eigenvalue weighted by atomic mass is 35.5. The van der Waals surface area contributed by atoms with Crippen molar-refractivity contribution in [3.05, 3.63) is 12.4 Å². The second-order valence-electron chi connectivity index (χ2n) is 1.83. The summed E-state index contributed by atoms with van der Waals surface area (Å²) < 4.78 is 1.88. The van der Waals surface area contributed by atoms with E-state index in [4.69, 9.17) is 0 Å². The topological polar surface area (TPSA) is 29.9 Å². The Morgan fingerprint density at radius 2 is 2.18 bits per heavy atom. The lowest BCUT2D eigenvalue weighted by atomic mass is 10.6. The molecule has 0 saturated carbocycles. The zero-order valence-corrected chi connectivity index (χ0v) is 8.21. The van der Waals surface area contributed by atoms with Gasteiger partial charge in [0, 0.05) is 19.8 Å². The normalized spacial score (nSPS) is 7.82. The molecule has 3 nitrogen and oxygen atoms in total. The lowest BCUT2D eigenvalue weighted by molar-refractivity contribution is 0.660. The predicted octanol–water partition coefficient (Wildman–Crippen LogP) is 1.79. The van der Waals surface area contributed by atoms with Gasteiger partial charge in [-0.3, -0.25) is 4.68 Å². The molecule has 1 heterocycles. The molecule has 0 spiro atoms. The molecule has 0 bridgehead atoms. The molecule has 0 aliphatic heterocycles. The Morgan fingerprint density at radius 1 is 1.55 bits per heavy atom. The van der Waals surface area contributed by atoms with E-state index < -0.39 is 0 Å². The van der Waals surface area contributed by atoms with Gasteiger partial charge in [0.1, 0.15) is 0 Å². The highest BCUT2D eigenvalue weighted by Crippen LogP contribution is 2.01. The molecule has 1 rings (SSSR count). The van der Waals surface area contributed by atoms with Gasteiger partial charge in [-0.2, -0.15) is 5.10 Å². The van der Waals surface area contributed by atoms with Crippen LogP contribution < -0.4 is 5.32 Å². The molecule has 1 N–H and O–H groups in total. The van der Waals surface area contributed by atoms with E-state index in [0.29, 0.717) is 0 Å². The maximum absolute atomic E-state index is 4.06. The first-order valence-electron chi connectivity index (χ1n) is 3.07. The van der Waals surface area contributed by atoms with Crippen molar-refractivity contribution in [2.45, 2.75) is 13.5 Å². The van der Waals surface area contributed by atoms with Crippen LogP contribution in [0.25, 0.3) is 0 Å². The number of halogens is 2. The van der Waals surface area contributed by atoms with Crippen molar-refractivity contribution in [1.82, 2.24) is 9.78 Å². The molecule has 0 unspecified atom stereocenters. The zero-order valence-electron chi connectivity index (χ0n) is 6.57. The van der Waals surface area contributed by atoms with Gasteiger partial charge >= 0.3 is 0 Å². The number of hydrogen-bond donors (Lipinski definition) is 1. The summed E-state index contributed by atoms with van der Waals surface area (Å²) in [6.45, 7) is 2.99. The summed E-state index contributed by atoms with van der Waals surface area (Å²) in [7, 11) is 1.89. The maximum atomic E-state index is 4.06. The van der Waals surface area contributed by atoms with Crippen LogP contribution in [0, 0.1) is 0 Å². The van der Waals surface area contributed by atoms with Crippen molar-refractivity contribution < 1.29 is 0 Å². The summed E-state index contributed by atoms with van der Waals surface area (Å²) in [6, 6.07) is 0. The predicted molar refractivity (Wildman–Crippen MR) is 51.9 cm³/mol. The van der Waals surface area contributed by atoms with Crippen LogP contribution in [0.4, 0.5) is 5.69 Å². The standard InChI is InChI=1S/C6H11N3.2ClH/c1-3-9-5-6(7-2)4-8-9;;/h4-5,7H,3H2,1-2H3;2*1H. The molecule has 0 atom stereocenters. The third-order valence-corrected chi connectivity index (χ3v) is 1.25. The summed E-state index contributed by atoms with van der Waals surface area (Å²) in [6.07, 6.45) is 3.78. The molecule has 11 heavy (non-hydrogen) atoms. The van der Waals surface area contributed by atoms with Crippen molar-refractivity contribution in [3.8, 4) is 0 Å². The first kappa shape index (κ1) is 13.2. The summed E-state index contributed by atoms with van der Waals surface area (Å²) in [5, 5.41) is 7.06. The van der Waals surface area contributed by atoms with Crippen molar-refractivity contribution >= 4 is 30.5 Å². The molecular formula is C6H13Cl2N3. The highest BCUT2D eigenvalue weighted by Gasteiger charge is 1.90. The molecule has 0 aliphatic carbocycles. The maximum Gasteiger partial charge on any atom is 0.0723 e. The van der Waals surface area contributed by atoms with E-state index in [1.54, 1.807) is 0 Å². The number of nitrogens with one attached hydrogen (secondary N) is 1. The van der Waals surface area contributed by atoms with Gasteiger partial charge in [0.25, 0.3) is 0 Å². The Hall–Kier alpha value is -0.410. The van der Waals surface area contributed by atoms with Crippen molar-refractivity contribution in [2.75, 3.05) is 12.4 Å². The van der Waals surface area contributed by atoms with Crippen LogP contribution in [0.15, 0.2) is 12.4 Å². The second kappa shape index (κ2) is 6.31. The fourth-order valence-electron chi connectivity index (χ4n) is 0.666. The van der Waals surface area contributed by atoms with Crippen LogP contribution >= 0.6 is 24.8 Å². The number of hydrogen-bond acceptors (Lipinski definition) is 2. The lowest BCUT2D eigenvalue weighted by Gasteiger charge is -1.90. The lowest BCUT2D eigenvalue weighted by Crippen LogP contribution is -1.92. The van der Waals surface area contributed by atoms with E-state index in [2.05, 4.69) is 17.3 Å². The summed E-state index contributed by atoms with van der Waals surface area (Å²) in [4.78, 5) is 0. The minimum atomic E-state index is 0.